The first-order valence-electron chi connectivity index (χ1n) is 11.5. The maximum Gasteiger partial charge on any atom is 0.325 e. The normalized spacial score (nSPS) is 22.2. The predicted molar refractivity (Wildman–Crippen MR) is 122 cm³/mol. The number of carbonyl (C=O) groups is 3. The van der Waals surface area contributed by atoms with Crippen LogP contribution in [-0.4, -0.2) is 56.2 Å². The van der Waals surface area contributed by atoms with Crippen molar-refractivity contribution in [1.82, 2.24) is 25.1 Å². The molecular weight excluding hydrogens is 442 g/mol. The van der Waals surface area contributed by atoms with E-state index in [1.165, 1.54) is 0 Å². The van der Waals surface area contributed by atoms with Crippen LogP contribution in [0.15, 0.2) is 36.5 Å². The van der Waals surface area contributed by atoms with Crippen molar-refractivity contribution in [1.29, 1.82) is 0 Å². The summed E-state index contributed by atoms with van der Waals surface area (Å²) in [6.07, 6.45) is 7.44. The van der Waals surface area contributed by atoms with Gasteiger partial charge in [-0.1, -0.05) is 43.0 Å². The highest BCUT2D eigenvalue weighted by Gasteiger charge is 2.52. The summed E-state index contributed by atoms with van der Waals surface area (Å²) < 4.78 is 0. The van der Waals surface area contributed by atoms with E-state index in [1.54, 1.807) is 23.2 Å². The minimum Gasteiger partial charge on any atom is -0.333 e. The Balaban J connectivity index is 1.33. The Morgan fingerprint density at radius 3 is 2.76 bits per heavy atom. The van der Waals surface area contributed by atoms with E-state index in [0.29, 0.717) is 30.2 Å². The highest BCUT2D eigenvalue weighted by molar-refractivity contribution is 6.30. The molecule has 1 aliphatic carbocycles. The maximum absolute atomic E-state index is 13.2. The molecule has 1 N–H and O–H groups in total. The van der Waals surface area contributed by atoms with Crippen molar-refractivity contribution in [3.8, 4) is 11.4 Å². The summed E-state index contributed by atoms with van der Waals surface area (Å²) >= 11 is 6.11. The van der Waals surface area contributed by atoms with E-state index in [1.807, 2.05) is 18.2 Å². The summed E-state index contributed by atoms with van der Waals surface area (Å²) in [5.41, 5.74) is 0.725. The second-order valence-electron chi connectivity index (χ2n) is 9.02. The van der Waals surface area contributed by atoms with Crippen molar-refractivity contribution in [2.75, 3.05) is 13.1 Å². The Bertz CT molecular complexity index is 1100. The predicted octanol–water partition coefficient (Wildman–Crippen LogP) is 3.72. The number of urea groups is 1. The van der Waals surface area contributed by atoms with Crippen LogP contribution in [0.25, 0.3) is 11.4 Å². The second kappa shape index (κ2) is 8.74. The number of hydrogen-bond donors (Lipinski definition) is 1. The Kier molecular flexibility index (Phi) is 5.78. The molecule has 3 fully saturated rings. The molecule has 1 atom stereocenters. The fraction of sp³-hybridized carbons (Fsp3) is 0.458. The zero-order chi connectivity index (χ0) is 23.0. The van der Waals surface area contributed by atoms with E-state index in [0.717, 1.165) is 48.3 Å². The van der Waals surface area contributed by atoms with E-state index in [-0.39, 0.29) is 24.4 Å². The van der Waals surface area contributed by atoms with Gasteiger partial charge in [0.25, 0.3) is 5.91 Å². The summed E-state index contributed by atoms with van der Waals surface area (Å²) in [6, 6.07) is 8.46. The molecular formula is C24H26ClN5O3. The van der Waals surface area contributed by atoms with Crippen LogP contribution in [0.2, 0.25) is 5.02 Å². The Labute approximate surface area is 197 Å². The number of aromatic nitrogens is 2. The lowest BCUT2D eigenvalue weighted by molar-refractivity contribution is -0.140. The van der Waals surface area contributed by atoms with Gasteiger partial charge in [-0.2, -0.15) is 0 Å². The van der Waals surface area contributed by atoms with Gasteiger partial charge in [0, 0.05) is 23.3 Å². The molecule has 172 valence electrons. The Morgan fingerprint density at radius 1 is 1.15 bits per heavy atom. The zero-order valence-electron chi connectivity index (χ0n) is 18.3. The van der Waals surface area contributed by atoms with Gasteiger partial charge in [-0.05, 0) is 43.9 Å². The standard InChI is InChI=1S/C24H26ClN5O3/c25-17-7-4-6-16(14-17)21-26-12-9-18(27-21)19-8-5-13-29(19)20(31)15-30-22(32)24(28-23(30)33)10-2-1-3-11-24/h4,6-7,9,12,14,19H,1-3,5,8,10-11,13,15H2,(H,28,33)/t19-/m1/s1. The summed E-state index contributed by atoms with van der Waals surface area (Å²) in [5, 5.41) is 3.47. The molecule has 33 heavy (non-hydrogen) atoms. The molecule has 3 aliphatic rings. The summed E-state index contributed by atoms with van der Waals surface area (Å²) in [6.45, 7) is 0.323. The number of rotatable bonds is 4. The lowest BCUT2D eigenvalue weighted by atomic mass is 9.82. The van der Waals surface area contributed by atoms with Gasteiger partial charge in [0.2, 0.25) is 5.91 Å². The van der Waals surface area contributed by atoms with E-state index in [9.17, 15) is 14.4 Å². The number of nitrogens with one attached hydrogen (secondary N) is 1. The molecule has 8 nitrogen and oxygen atoms in total. The molecule has 1 saturated carbocycles. The number of nitrogens with zero attached hydrogens (tertiary/aromatic N) is 4. The molecule has 2 saturated heterocycles. The van der Waals surface area contributed by atoms with Gasteiger partial charge < -0.3 is 10.2 Å². The first kappa shape index (κ1) is 21.8. The van der Waals surface area contributed by atoms with Gasteiger partial charge in [-0.3, -0.25) is 14.5 Å². The summed E-state index contributed by atoms with van der Waals surface area (Å²) in [5.74, 6) is 0.0426. The lowest BCUT2D eigenvalue weighted by Gasteiger charge is -2.30. The van der Waals surface area contributed by atoms with Crippen LogP contribution in [0.3, 0.4) is 0 Å². The number of halogens is 1. The number of hydrogen-bond acceptors (Lipinski definition) is 5. The zero-order valence-corrected chi connectivity index (χ0v) is 19.1. The highest BCUT2D eigenvalue weighted by atomic mass is 35.5. The molecule has 2 aliphatic heterocycles. The van der Waals surface area contributed by atoms with Crippen LogP contribution in [0.5, 0.6) is 0 Å². The number of likely N-dealkylation sites (tertiary alicyclic amines) is 1. The topological polar surface area (TPSA) is 95.5 Å². The largest absolute Gasteiger partial charge is 0.333 e. The quantitative estimate of drug-likeness (QED) is 0.691. The third kappa shape index (κ3) is 4.08. The molecule has 1 aromatic carbocycles. The van der Waals surface area contributed by atoms with Gasteiger partial charge >= 0.3 is 6.03 Å². The molecule has 1 spiro atoms. The van der Waals surface area contributed by atoms with Crippen LogP contribution < -0.4 is 5.32 Å². The molecule has 0 unspecified atom stereocenters. The molecule has 1 aromatic heterocycles. The van der Waals surface area contributed by atoms with Crippen molar-refractivity contribution < 1.29 is 14.4 Å². The molecule has 9 heteroatoms. The smallest absolute Gasteiger partial charge is 0.325 e. The molecule has 4 amide bonds. The van der Waals surface area contributed by atoms with Gasteiger partial charge in [-0.25, -0.2) is 14.8 Å². The third-order valence-corrected chi connectivity index (χ3v) is 7.16. The van der Waals surface area contributed by atoms with Gasteiger partial charge in [0.15, 0.2) is 5.82 Å². The number of benzene rings is 1. The summed E-state index contributed by atoms with van der Waals surface area (Å²) in [7, 11) is 0. The minimum atomic E-state index is -0.821. The van der Waals surface area contributed by atoms with E-state index < -0.39 is 11.6 Å². The fourth-order valence-electron chi connectivity index (χ4n) is 5.24. The lowest BCUT2D eigenvalue weighted by Crippen LogP contribution is -2.49. The van der Waals surface area contributed by atoms with Crippen LogP contribution in [-0.2, 0) is 9.59 Å². The number of amides is 4. The van der Waals surface area contributed by atoms with Gasteiger partial charge in [0.1, 0.15) is 12.1 Å². The Morgan fingerprint density at radius 2 is 1.97 bits per heavy atom. The van der Waals surface area contributed by atoms with Crippen molar-refractivity contribution in [3.63, 3.8) is 0 Å². The molecule has 2 aromatic rings. The highest BCUT2D eigenvalue weighted by Crippen LogP contribution is 2.35. The van der Waals surface area contributed by atoms with Crippen molar-refractivity contribution in [2.24, 2.45) is 0 Å². The first-order valence-corrected chi connectivity index (χ1v) is 11.9. The van der Waals surface area contributed by atoms with Crippen LogP contribution in [0.1, 0.15) is 56.7 Å². The van der Waals surface area contributed by atoms with Crippen LogP contribution in [0, 0.1) is 0 Å². The second-order valence-corrected chi connectivity index (χ2v) is 9.46. The molecule has 0 bridgehead atoms. The monoisotopic (exact) mass is 467 g/mol. The van der Waals surface area contributed by atoms with E-state index in [2.05, 4.69) is 10.3 Å². The number of imide groups is 1. The SMILES string of the molecule is O=C1NC2(CCCCC2)C(=O)N1CC(=O)N1CCC[C@@H]1c1ccnc(-c2cccc(Cl)c2)n1. The van der Waals surface area contributed by atoms with Crippen LogP contribution >= 0.6 is 11.6 Å². The van der Waals surface area contributed by atoms with Crippen LogP contribution in [0.4, 0.5) is 4.79 Å². The van der Waals surface area contributed by atoms with Gasteiger partial charge in [-0.15, -0.1) is 0 Å². The average molecular weight is 468 g/mol. The molecule has 5 rings (SSSR count). The van der Waals surface area contributed by atoms with Crippen molar-refractivity contribution >= 4 is 29.4 Å². The molecule has 3 heterocycles. The molecule has 0 radical (unpaired) electrons. The van der Waals surface area contributed by atoms with Crippen molar-refractivity contribution in [2.45, 2.75) is 56.5 Å². The first-order chi connectivity index (χ1) is 16.0. The third-order valence-electron chi connectivity index (χ3n) is 6.92. The fourth-order valence-corrected chi connectivity index (χ4v) is 5.43. The minimum absolute atomic E-state index is 0.220. The number of carbonyl (C=O) groups excluding carboxylic acids is 3. The summed E-state index contributed by atoms with van der Waals surface area (Å²) in [4.78, 5) is 50.8. The van der Waals surface area contributed by atoms with Gasteiger partial charge in [0.05, 0.1) is 11.7 Å². The van der Waals surface area contributed by atoms with Crippen molar-refractivity contribution in [3.05, 3.63) is 47.2 Å². The maximum atomic E-state index is 13.2. The average Bonchev–Trinajstić information content (AvgIpc) is 3.40. The van der Waals surface area contributed by atoms with E-state index >= 15 is 0 Å². The van der Waals surface area contributed by atoms with E-state index in [4.69, 9.17) is 16.6 Å². The Hall–Kier alpha value is -3.00.